The number of anilines is 3. The van der Waals surface area contributed by atoms with Crippen molar-refractivity contribution < 1.29 is 9.53 Å². The van der Waals surface area contributed by atoms with E-state index in [4.69, 9.17) is 4.74 Å². The lowest BCUT2D eigenvalue weighted by Crippen LogP contribution is -2.22. The van der Waals surface area contributed by atoms with E-state index in [1.54, 1.807) is 7.11 Å². The molecule has 0 radical (unpaired) electrons. The van der Waals surface area contributed by atoms with Crippen LogP contribution < -0.4 is 15.5 Å². The first-order valence-electron chi connectivity index (χ1n) is 9.41. The zero-order valence-corrected chi connectivity index (χ0v) is 16.6. The van der Waals surface area contributed by atoms with Gasteiger partial charge in [0.25, 0.3) is 0 Å². The third-order valence-electron chi connectivity index (χ3n) is 4.98. The number of nitrogens with zero attached hydrogens (tertiary/aromatic N) is 1. The van der Waals surface area contributed by atoms with Gasteiger partial charge in [-0.25, -0.2) is 4.79 Å². The lowest BCUT2D eigenvalue weighted by atomic mass is 9.87. The molecule has 0 bridgehead atoms. The van der Waals surface area contributed by atoms with E-state index >= 15 is 0 Å². The summed E-state index contributed by atoms with van der Waals surface area (Å²) in [5.74, 6) is 0. The van der Waals surface area contributed by atoms with Gasteiger partial charge < -0.3 is 20.3 Å². The normalized spacial score (nSPS) is 17.0. The Kier molecular flexibility index (Phi) is 5.71. The summed E-state index contributed by atoms with van der Waals surface area (Å²) in [6.45, 7) is 8.42. The summed E-state index contributed by atoms with van der Waals surface area (Å²) in [6, 6.07) is 15.6. The van der Waals surface area contributed by atoms with Crippen molar-refractivity contribution in [3.8, 4) is 0 Å². The van der Waals surface area contributed by atoms with Gasteiger partial charge in [0.05, 0.1) is 6.10 Å². The Morgan fingerprint density at radius 1 is 1.00 bits per heavy atom. The number of hydrogen-bond donors (Lipinski definition) is 2. The smallest absolute Gasteiger partial charge is 0.323 e. The Morgan fingerprint density at radius 3 is 2.04 bits per heavy atom. The number of urea groups is 1. The average Bonchev–Trinajstić information content (AvgIpc) is 3.11. The summed E-state index contributed by atoms with van der Waals surface area (Å²) in [4.78, 5) is 14.5. The van der Waals surface area contributed by atoms with Crippen LogP contribution in [0.15, 0.2) is 48.5 Å². The molecule has 1 aliphatic rings. The Labute approximate surface area is 161 Å². The quantitative estimate of drug-likeness (QED) is 0.812. The minimum atomic E-state index is -0.244. The van der Waals surface area contributed by atoms with Gasteiger partial charge in [-0.3, -0.25) is 0 Å². The van der Waals surface area contributed by atoms with Crippen molar-refractivity contribution >= 4 is 23.1 Å². The van der Waals surface area contributed by atoms with E-state index in [-0.39, 0.29) is 11.4 Å². The molecular formula is C22H29N3O2. The average molecular weight is 367 g/mol. The van der Waals surface area contributed by atoms with Crippen LogP contribution >= 0.6 is 0 Å². The van der Waals surface area contributed by atoms with Gasteiger partial charge in [-0.05, 0) is 53.8 Å². The molecule has 0 saturated carbocycles. The van der Waals surface area contributed by atoms with Gasteiger partial charge in [0.2, 0.25) is 0 Å². The molecule has 0 aromatic heterocycles. The van der Waals surface area contributed by atoms with Crippen LogP contribution in [0.5, 0.6) is 0 Å². The van der Waals surface area contributed by atoms with E-state index in [1.807, 2.05) is 48.5 Å². The second-order valence-corrected chi connectivity index (χ2v) is 8.05. The maximum absolute atomic E-state index is 12.2. The van der Waals surface area contributed by atoms with Gasteiger partial charge in [0, 0.05) is 37.3 Å². The highest BCUT2D eigenvalue weighted by atomic mass is 16.5. The van der Waals surface area contributed by atoms with Crippen LogP contribution in [0.4, 0.5) is 21.9 Å². The van der Waals surface area contributed by atoms with E-state index in [0.29, 0.717) is 6.10 Å². The Morgan fingerprint density at radius 2 is 1.56 bits per heavy atom. The fourth-order valence-electron chi connectivity index (χ4n) is 3.26. The number of ether oxygens (including phenoxy) is 1. The van der Waals surface area contributed by atoms with E-state index in [9.17, 15) is 4.79 Å². The highest BCUT2D eigenvalue weighted by molar-refractivity contribution is 5.99. The zero-order chi connectivity index (χ0) is 19.4. The van der Waals surface area contributed by atoms with Gasteiger partial charge in [0.15, 0.2) is 0 Å². The third kappa shape index (κ3) is 5.01. The largest absolute Gasteiger partial charge is 0.380 e. The fourth-order valence-corrected chi connectivity index (χ4v) is 3.26. The second kappa shape index (κ2) is 8.01. The number of nitrogens with one attached hydrogen (secondary N) is 2. The predicted octanol–water partition coefficient (Wildman–Crippen LogP) is 4.85. The molecule has 2 amide bonds. The van der Waals surface area contributed by atoms with E-state index in [1.165, 1.54) is 5.56 Å². The van der Waals surface area contributed by atoms with Crippen molar-refractivity contribution in [2.24, 2.45) is 0 Å². The van der Waals surface area contributed by atoms with Crippen LogP contribution in [0.1, 0.15) is 32.8 Å². The van der Waals surface area contributed by atoms with Crippen molar-refractivity contribution in [1.82, 2.24) is 0 Å². The van der Waals surface area contributed by atoms with Gasteiger partial charge in [0.1, 0.15) is 0 Å². The Hall–Kier alpha value is -2.53. The Balaban J connectivity index is 1.55. The lowest BCUT2D eigenvalue weighted by Gasteiger charge is -2.19. The molecule has 5 heteroatoms. The molecule has 1 fully saturated rings. The summed E-state index contributed by atoms with van der Waals surface area (Å²) in [5.41, 5.74) is 4.03. The maximum Gasteiger partial charge on any atom is 0.323 e. The summed E-state index contributed by atoms with van der Waals surface area (Å²) < 4.78 is 5.41. The molecule has 3 rings (SSSR count). The first-order chi connectivity index (χ1) is 12.8. The molecular weight excluding hydrogens is 338 g/mol. The summed E-state index contributed by atoms with van der Waals surface area (Å²) in [7, 11) is 1.76. The second-order valence-electron chi connectivity index (χ2n) is 8.05. The van der Waals surface area contributed by atoms with Crippen LogP contribution in [0, 0.1) is 0 Å². The number of carbonyl (C=O) groups is 1. The molecule has 27 heavy (non-hydrogen) atoms. The molecule has 0 spiro atoms. The molecule has 2 aromatic carbocycles. The predicted molar refractivity (Wildman–Crippen MR) is 112 cm³/mol. The molecule has 5 nitrogen and oxygen atoms in total. The summed E-state index contributed by atoms with van der Waals surface area (Å²) in [6.07, 6.45) is 1.35. The lowest BCUT2D eigenvalue weighted by molar-refractivity contribution is 0.121. The standard InChI is InChI=1S/C22H29N3O2/c1-22(2,3)16-5-7-17(8-6-16)23-21(26)24-18-9-11-19(12-10-18)25-14-13-20(15-25)27-4/h5-12,20H,13-15H2,1-4H3,(H2,23,24,26)/t20-/m0/s1. The van der Waals surface area contributed by atoms with Gasteiger partial charge in [-0.1, -0.05) is 32.9 Å². The first-order valence-corrected chi connectivity index (χ1v) is 9.41. The molecule has 2 N–H and O–H groups in total. The van der Waals surface area contributed by atoms with Crippen molar-refractivity contribution in [2.45, 2.75) is 38.7 Å². The number of amides is 2. The minimum Gasteiger partial charge on any atom is -0.380 e. The zero-order valence-electron chi connectivity index (χ0n) is 16.6. The Bertz CT molecular complexity index is 764. The number of carbonyl (C=O) groups excluding carboxylic acids is 1. The van der Waals surface area contributed by atoms with Crippen molar-refractivity contribution in [2.75, 3.05) is 35.7 Å². The topological polar surface area (TPSA) is 53.6 Å². The van der Waals surface area contributed by atoms with E-state index < -0.39 is 0 Å². The van der Waals surface area contributed by atoms with Crippen molar-refractivity contribution in [1.29, 1.82) is 0 Å². The van der Waals surface area contributed by atoms with Crippen LogP contribution in [0.25, 0.3) is 0 Å². The summed E-state index contributed by atoms with van der Waals surface area (Å²) in [5, 5.41) is 5.75. The number of methoxy groups -OCH3 is 1. The molecule has 1 heterocycles. The van der Waals surface area contributed by atoms with Gasteiger partial charge in [-0.15, -0.1) is 0 Å². The summed E-state index contributed by atoms with van der Waals surface area (Å²) >= 11 is 0. The van der Waals surface area contributed by atoms with Crippen molar-refractivity contribution in [3.05, 3.63) is 54.1 Å². The van der Waals surface area contributed by atoms with E-state index in [0.717, 1.165) is 36.6 Å². The number of benzene rings is 2. The van der Waals surface area contributed by atoms with Gasteiger partial charge >= 0.3 is 6.03 Å². The SMILES string of the molecule is CO[C@H]1CCN(c2ccc(NC(=O)Nc3ccc(C(C)(C)C)cc3)cc2)C1. The highest BCUT2D eigenvalue weighted by Crippen LogP contribution is 2.25. The van der Waals surface area contributed by atoms with Crippen molar-refractivity contribution in [3.63, 3.8) is 0 Å². The molecule has 1 saturated heterocycles. The van der Waals surface area contributed by atoms with Crippen LogP contribution in [0.2, 0.25) is 0 Å². The molecule has 1 atom stereocenters. The first kappa shape index (κ1) is 19.2. The fraction of sp³-hybridized carbons (Fsp3) is 0.409. The molecule has 0 unspecified atom stereocenters. The molecule has 144 valence electrons. The highest BCUT2D eigenvalue weighted by Gasteiger charge is 2.22. The number of rotatable bonds is 4. The molecule has 2 aromatic rings. The van der Waals surface area contributed by atoms with Crippen LogP contribution in [-0.2, 0) is 10.2 Å². The van der Waals surface area contributed by atoms with Crippen LogP contribution in [-0.4, -0.2) is 32.3 Å². The van der Waals surface area contributed by atoms with E-state index in [2.05, 4.69) is 36.3 Å². The third-order valence-corrected chi connectivity index (χ3v) is 4.98. The monoisotopic (exact) mass is 367 g/mol. The maximum atomic E-state index is 12.2. The minimum absolute atomic E-state index is 0.0984. The molecule has 0 aliphatic carbocycles. The number of hydrogen-bond acceptors (Lipinski definition) is 3. The van der Waals surface area contributed by atoms with Gasteiger partial charge in [-0.2, -0.15) is 0 Å². The molecule has 1 aliphatic heterocycles. The van der Waals surface area contributed by atoms with Crippen LogP contribution in [0.3, 0.4) is 0 Å².